The molecule has 0 aliphatic heterocycles. The maximum atomic E-state index is 13.0. The largest absolute Gasteiger partial charge is 0.480 e. The quantitative estimate of drug-likeness (QED) is 0.449. The number of carbonyl (C=O) groups is 3. The Morgan fingerprint density at radius 2 is 1.63 bits per heavy atom. The number of carboxylic acids is 1. The van der Waals surface area contributed by atoms with E-state index in [0.717, 1.165) is 5.56 Å². The second kappa shape index (κ2) is 10.2. The lowest BCUT2D eigenvalue weighted by Gasteiger charge is -2.20. The van der Waals surface area contributed by atoms with Crippen molar-refractivity contribution in [2.75, 3.05) is 0 Å². The Hall–Kier alpha value is -3.74. The SMILES string of the molecule is O=C(C[C@@H](Cc1ccccc1)C(=O)N[C@@H](Cc1cnc[nH]1)C(=O)O)c1ccccc1. The number of benzene rings is 2. The van der Waals surface area contributed by atoms with Crippen molar-refractivity contribution in [1.29, 1.82) is 0 Å². The van der Waals surface area contributed by atoms with Crippen LogP contribution in [0, 0.1) is 5.92 Å². The Bertz CT molecular complexity index is 972. The fourth-order valence-electron chi connectivity index (χ4n) is 3.23. The molecule has 3 N–H and O–H groups in total. The summed E-state index contributed by atoms with van der Waals surface area (Å²) in [6.07, 6.45) is 3.36. The summed E-state index contributed by atoms with van der Waals surface area (Å²) < 4.78 is 0. The number of ketones is 1. The first-order chi connectivity index (χ1) is 14.5. The van der Waals surface area contributed by atoms with E-state index in [4.69, 9.17) is 0 Å². The number of nitrogens with one attached hydrogen (secondary N) is 2. The zero-order chi connectivity index (χ0) is 21.3. The zero-order valence-corrected chi connectivity index (χ0v) is 16.3. The fraction of sp³-hybridized carbons (Fsp3) is 0.217. The molecule has 0 saturated carbocycles. The van der Waals surface area contributed by atoms with Gasteiger partial charge in [-0.05, 0) is 12.0 Å². The molecule has 7 heteroatoms. The van der Waals surface area contributed by atoms with Crippen LogP contribution in [0.2, 0.25) is 0 Å². The summed E-state index contributed by atoms with van der Waals surface area (Å²) >= 11 is 0. The van der Waals surface area contributed by atoms with Crippen LogP contribution in [0.3, 0.4) is 0 Å². The summed E-state index contributed by atoms with van der Waals surface area (Å²) in [4.78, 5) is 44.1. The van der Waals surface area contributed by atoms with Crippen molar-refractivity contribution in [3.8, 4) is 0 Å². The molecule has 0 fully saturated rings. The predicted octanol–water partition coefficient (Wildman–Crippen LogP) is 2.65. The van der Waals surface area contributed by atoms with Crippen molar-refractivity contribution in [3.63, 3.8) is 0 Å². The Kier molecular flexibility index (Phi) is 7.10. The van der Waals surface area contributed by atoms with E-state index in [1.807, 2.05) is 36.4 Å². The molecule has 1 heterocycles. The normalized spacial score (nSPS) is 12.7. The molecule has 2 atom stereocenters. The van der Waals surface area contributed by atoms with Crippen LogP contribution >= 0.6 is 0 Å². The van der Waals surface area contributed by atoms with Gasteiger partial charge in [-0.3, -0.25) is 9.59 Å². The van der Waals surface area contributed by atoms with Gasteiger partial charge in [0.05, 0.1) is 6.33 Å². The lowest BCUT2D eigenvalue weighted by atomic mass is 9.91. The van der Waals surface area contributed by atoms with E-state index >= 15 is 0 Å². The van der Waals surface area contributed by atoms with E-state index < -0.39 is 23.8 Å². The van der Waals surface area contributed by atoms with Crippen LogP contribution in [0.25, 0.3) is 0 Å². The van der Waals surface area contributed by atoms with E-state index in [1.54, 1.807) is 24.3 Å². The molecule has 0 radical (unpaired) electrons. The Morgan fingerprint density at radius 1 is 0.967 bits per heavy atom. The molecular formula is C23H23N3O4. The van der Waals surface area contributed by atoms with E-state index in [1.165, 1.54) is 12.5 Å². The van der Waals surface area contributed by atoms with E-state index in [9.17, 15) is 19.5 Å². The van der Waals surface area contributed by atoms with Crippen LogP contribution in [0.5, 0.6) is 0 Å². The Labute approximate surface area is 174 Å². The number of aromatic nitrogens is 2. The van der Waals surface area contributed by atoms with Gasteiger partial charge in [-0.1, -0.05) is 60.7 Å². The molecule has 2 aromatic carbocycles. The van der Waals surface area contributed by atoms with Gasteiger partial charge in [-0.2, -0.15) is 0 Å². The molecule has 30 heavy (non-hydrogen) atoms. The highest BCUT2D eigenvalue weighted by Crippen LogP contribution is 2.17. The van der Waals surface area contributed by atoms with Crippen molar-refractivity contribution in [1.82, 2.24) is 15.3 Å². The number of hydrogen-bond donors (Lipinski definition) is 3. The number of imidazole rings is 1. The van der Waals surface area contributed by atoms with E-state index in [2.05, 4.69) is 15.3 Å². The molecule has 7 nitrogen and oxygen atoms in total. The second-order valence-electron chi connectivity index (χ2n) is 7.06. The number of aromatic amines is 1. The van der Waals surface area contributed by atoms with Crippen LogP contribution in [0.4, 0.5) is 0 Å². The van der Waals surface area contributed by atoms with E-state index in [-0.39, 0.29) is 18.6 Å². The molecule has 0 saturated heterocycles. The lowest BCUT2D eigenvalue weighted by molar-refractivity contribution is -0.142. The third-order valence-corrected chi connectivity index (χ3v) is 4.82. The molecule has 0 aliphatic rings. The van der Waals surface area contributed by atoms with Crippen LogP contribution < -0.4 is 5.32 Å². The van der Waals surface area contributed by atoms with Crippen molar-refractivity contribution >= 4 is 17.7 Å². The highest BCUT2D eigenvalue weighted by atomic mass is 16.4. The molecule has 0 spiro atoms. The van der Waals surface area contributed by atoms with Crippen LogP contribution in [-0.2, 0) is 22.4 Å². The maximum absolute atomic E-state index is 13.0. The molecule has 3 rings (SSSR count). The minimum Gasteiger partial charge on any atom is -0.480 e. The molecule has 3 aromatic rings. The summed E-state index contributed by atoms with van der Waals surface area (Å²) in [7, 11) is 0. The van der Waals surface area contributed by atoms with Gasteiger partial charge >= 0.3 is 5.97 Å². The summed E-state index contributed by atoms with van der Waals surface area (Å²) in [5, 5.41) is 12.1. The Morgan fingerprint density at radius 3 is 2.23 bits per heavy atom. The molecule has 1 amide bonds. The third-order valence-electron chi connectivity index (χ3n) is 4.82. The standard InChI is InChI=1S/C23H23N3O4/c27-21(17-9-5-2-6-10-17)12-18(11-16-7-3-1-4-8-16)22(28)26-20(23(29)30)13-19-14-24-15-25-19/h1-10,14-15,18,20H,11-13H2,(H,24,25)(H,26,28)(H,29,30)/t18-,20+/m1/s1. The van der Waals surface area contributed by atoms with Crippen LogP contribution in [0.15, 0.2) is 73.2 Å². The first-order valence-electron chi connectivity index (χ1n) is 9.65. The van der Waals surface area contributed by atoms with E-state index in [0.29, 0.717) is 17.7 Å². The van der Waals surface area contributed by atoms with Crippen molar-refractivity contribution < 1.29 is 19.5 Å². The van der Waals surface area contributed by atoms with Gasteiger partial charge in [0.15, 0.2) is 5.78 Å². The highest BCUT2D eigenvalue weighted by molar-refractivity contribution is 5.99. The fourth-order valence-corrected chi connectivity index (χ4v) is 3.23. The van der Waals surface area contributed by atoms with Crippen molar-refractivity contribution in [3.05, 3.63) is 90.0 Å². The molecule has 1 aromatic heterocycles. The number of amides is 1. The number of aliphatic carboxylic acids is 1. The van der Waals surface area contributed by atoms with Crippen LogP contribution in [0.1, 0.15) is 28.0 Å². The number of Topliss-reactive ketones (excluding diaryl/α,β-unsaturated/α-hetero) is 1. The first kappa shape index (κ1) is 21.0. The molecule has 0 bridgehead atoms. The number of carbonyl (C=O) groups excluding carboxylic acids is 2. The summed E-state index contributed by atoms with van der Waals surface area (Å²) in [5.74, 6) is -2.46. The maximum Gasteiger partial charge on any atom is 0.326 e. The molecule has 154 valence electrons. The minimum atomic E-state index is -1.15. The second-order valence-corrected chi connectivity index (χ2v) is 7.06. The topological polar surface area (TPSA) is 112 Å². The monoisotopic (exact) mass is 405 g/mol. The van der Waals surface area contributed by atoms with Crippen LogP contribution in [-0.4, -0.2) is 38.8 Å². The molecule has 0 aliphatic carbocycles. The molecular weight excluding hydrogens is 382 g/mol. The molecule has 0 unspecified atom stereocenters. The van der Waals surface area contributed by atoms with Gasteiger partial charge < -0.3 is 15.4 Å². The van der Waals surface area contributed by atoms with Crippen molar-refractivity contribution in [2.24, 2.45) is 5.92 Å². The number of rotatable bonds is 10. The third kappa shape index (κ3) is 5.88. The minimum absolute atomic E-state index is 0.0128. The first-order valence-corrected chi connectivity index (χ1v) is 9.65. The smallest absolute Gasteiger partial charge is 0.326 e. The zero-order valence-electron chi connectivity index (χ0n) is 16.3. The summed E-state index contributed by atoms with van der Waals surface area (Å²) in [6.45, 7) is 0. The average Bonchev–Trinajstić information content (AvgIpc) is 3.27. The Balaban J connectivity index is 1.76. The number of carboxylic acid groups (broad SMARTS) is 1. The predicted molar refractivity (Wildman–Crippen MR) is 111 cm³/mol. The van der Waals surface area contributed by atoms with Gasteiger partial charge in [0.1, 0.15) is 6.04 Å². The van der Waals surface area contributed by atoms with Gasteiger partial charge in [-0.15, -0.1) is 0 Å². The summed E-state index contributed by atoms with van der Waals surface area (Å²) in [5.41, 5.74) is 2.03. The highest BCUT2D eigenvalue weighted by Gasteiger charge is 2.28. The van der Waals surface area contributed by atoms with Gasteiger partial charge in [0.25, 0.3) is 0 Å². The van der Waals surface area contributed by atoms with Gasteiger partial charge in [0, 0.05) is 36.2 Å². The number of H-pyrrole nitrogens is 1. The number of hydrogen-bond acceptors (Lipinski definition) is 4. The van der Waals surface area contributed by atoms with Gasteiger partial charge in [-0.25, -0.2) is 9.78 Å². The van der Waals surface area contributed by atoms with Crippen molar-refractivity contribution in [2.45, 2.75) is 25.3 Å². The lowest BCUT2D eigenvalue weighted by Crippen LogP contribution is -2.45. The average molecular weight is 405 g/mol. The van der Waals surface area contributed by atoms with Gasteiger partial charge in [0.2, 0.25) is 5.91 Å². The number of nitrogens with zero attached hydrogens (tertiary/aromatic N) is 1. The summed E-state index contributed by atoms with van der Waals surface area (Å²) in [6, 6.07) is 17.0.